The highest BCUT2D eigenvalue weighted by Crippen LogP contribution is 2.25. The average Bonchev–Trinajstić information content (AvgIpc) is 3.44. The van der Waals surface area contributed by atoms with Crippen molar-refractivity contribution < 1.29 is 17.7 Å². The Morgan fingerprint density at radius 1 is 1.16 bits per heavy atom. The molecule has 0 saturated carbocycles. The lowest BCUT2D eigenvalue weighted by molar-refractivity contribution is 0.102. The van der Waals surface area contributed by atoms with Crippen molar-refractivity contribution in [3.05, 3.63) is 70.5 Å². The summed E-state index contributed by atoms with van der Waals surface area (Å²) in [5.74, 6) is 0.0482. The summed E-state index contributed by atoms with van der Waals surface area (Å²) in [6.45, 7) is -0.158. The van der Waals surface area contributed by atoms with Gasteiger partial charge in [0, 0.05) is 22.6 Å². The van der Waals surface area contributed by atoms with Crippen LogP contribution in [0.25, 0.3) is 11.4 Å². The fourth-order valence-electron chi connectivity index (χ4n) is 2.60. The number of nitrogens with zero attached hydrogens (tertiary/aromatic N) is 5. The second-order valence-corrected chi connectivity index (χ2v) is 10.6. The van der Waals surface area contributed by atoms with E-state index >= 15 is 0 Å². The number of amides is 1. The maximum atomic E-state index is 12.9. The quantitative estimate of drug-likeness (QED) is 0.356. The zero-order valence-electron chi connectivity index (χ0n) is 16.5. The Morgan fingerprint density at radius 2 is 1.94 bits per heavy atom. The van der Waals surface area contributed by atoms with Gasteiger partial charge >= 0.3 is 0 Å². The van der Waals surface area contributed by atoms with Gasteiger partial charge in [-0.3, -0.25) is 10.1 Å². The van der Waals surface area contributed by atoms with Gasteiger partial charge in [-0.2, -0.15) is 9.29 Å². The molecule has 10 nitrogen and oxygen atoms in total. The van der Waals surface area contributed by atoms with Crippen molar-refractivity contribution in [2.45, 2.75) is 10.9 Å². The summed E-state index contributed by atoms with van der Waals surface area (Å²) in [5.41, 5.74) is 1.14. The van der Waals surface area contributed by atoms with Gasteiger partial charge in [-0.15, -0.1) is 10.2 Å². The Bertz CT molecular complexity index is 1360. The van der Waals surface area contributed by atoms with Gasteiger partial charge in [-0.05, 0) is 24.3 Å². The maximum Gasteiger partial charge on any atom is 0.272 e. The van der Waals surface area contributed by atoms with Crippen molar-refractivity contribution in [1.82, 2.24) is 24.6 Å². The summed E-state index contributed by atoms with van der Waals surface area (Å²) >= 11 is 4.13. The summed E-state index contributed by atoms with van der Waals surface area (Å²) in [6.07, 6.45) is 0. The van der Waals surface area contributed by atoms with E-state index in [4.69, 9.17) is 4.52 Å². The average molecular weight is 535 g/mol. The molecule has 0 fully saturated rings. The molecule has 0 spiro atoms. The van der Waals surface area contributed by atoms with Crippen LogP contribution in [0.15, 0.2) is 67.9 Å². The third-order valence-electron chi connectivity index (χ3n) is 4.20. The van der Waals surface area contributed by atoms with Crippen LogP contribution in [0.2, 0.25) is 0 Å². The minimum absolute atomic E-state index is 0.0700. The topological polar surface area (TPSA) is 131 Å². The van der Waals surface area contributed by atoms with E-state index in [1.165, 1.54) is 7.05 Å². The molecule has 0 aliphatic heterocycles. The summed E-state index contributed by atoms with van der Waals surface area (Å²) < 4.78 is 32.5. The number of hydrogen-bond donors (Lipinski definition) is 1. The SMILES string of the molecule is CN(Cc1nc(-c2cccc(Br)c2)no1)S(=O)(=O)c1nnc(NC(=O)c2ccccc2)s1. The van der Waals surface area contributed by atoms with E-state index in [0.29, 0.717) is 11.4 Å². The number of anilines is 1. The van der Waals surface area contributed by atoms with Crippen LogP contribution in [0, 0.1) is 0 Å². The van der Waals surface area contributed by atoms with E-state index in [-0.39, 0.29) is 21.9 Å². The molecular formula is C19H15BrN6O4S2. The first-order valence-corrected chi connectivity index (χ1v) is 12.1. The zero-order chi connectivity index (χ0) is 22.7. The van der Waals surface area contributed by atoms with Crippen LogP contribution in [0.5, 0.6) is 0 Å². The van der Waals surface area contributed by atoms with Crippen LogP contribution >= 0.6 is 27.3 Å². The van der Waals surface area contributed by atoms with E-state index < -0.39 is 15.9 Å². The van der Waals surface area contributed by atoms with Crippen molar-refractivity contribution >= 4 is 48.3 Å². The van der Waals surface area contributed by atoms with Gasteiger partial charge in [0.1, 0.15) is 0 Å². The number of rotatable bonds is 7. The van der Waals surface area contributed by atoms with E-state index in [1.807, 2.05) is 24.3 Å². The summed E-state index contributed by atoms with van der Waals surface area (Å²) in [7, 11) is -2.62. The Hall–Kier alpha value is -3.00. The summed E-state index contributed by atoms with van der Waals surface area (Å²) in [4.78, 5) is 16.5. The molecule has 2 aromatic heterocycles. The number of nitrogens with one attached hydrogen (secondary N) is 1. The molecule has 2 heterocycles. The molecule has 0 saturated heterocycles. The van der Waals surface area contributed by atoms with Crippen molar-refractivity contribution in [3.63, 3.8) is 0 Å². The van der Waals surface area contributed by atoms with Crippen LogP contribution in [0.1, 0.15) is 16.2 Å². The predicted octanol–water partition coefficient (Wildman–Crippen LogP) is 3.42. The van der Waals surface area contributed by atoms with Gasteiger partial charge in [0.25, 0.3) is 15.9 Å². The summed E-state index contributed by atoms with van der Waals surface area (Å²) in [5, 5.41) is 14.0. The first-order chi connectivity index (χ1) is 15.3. The van der Waals surface area contributed by atoms with Gasteiger partial charge in [0.15, 0.2) is 0 Å². The Morgan fingerprint density at radius 3 is 2.69 bits per heavy atom. The first kappa shape index (κ1) is 22.2. The highest BCUT2D eigenvalue weighted by Gasteiger charge is 2.28. The van der Waals surface area contributed by atoms with Gasteiger partial charge < -0.3 is 4.52 Å². The van der Waals surface area contributed by atoms with Gasteiger partial charge in [0.2, 0.25) is 21.2 Å². The molecule has 0 unspecified atom stereocenters. The second-order valence-electron chi connectivity index (χ2n) is 6.48. The molecule has 4 aromatic rings. The standard InChI is InChI=1S/C19H15BrN6O4S2/c1-26(11-15-21-16(25-30-15)13-8-5-9-14(20)10-13)32(28,29)19-24-23-18(31-19)22-17(27)12-6-3-2-4-7-12/h2-10H,11H2,1H3,(H,22,23,27). The van der Waals surface area contributed by atoms with Crippen LogP contribution in [-0.2, 0) is 16.6 Å². The number of carbonyl (C=O) groups excluding carboxylic acids is 1. The molecule has 0 bridgehead atoms. The fourth-order valence-corrected chi connectivity index (χ4v) is 5.20. The molecule has 0 aliphatic rings. The molecule has 13 heteroatoms. The number of carbonyl (C=O) groups is 1. The maximum absolute atomic E-state index is 12.9. The lowest BCUT2D eigenvalue weighted by Gasteiger charge is -2.11. The van der Waals surface area contributed by atoms with Crippen LogP contribution in [0.4, 0.5) is 5.13 Å². The predicted molar refractivity (Wildman–Crippen MR) is 120 cm³/mol. The zero-order valence-corrected chi connectivity index (χ0v) is 19.7. The number of aromatic nitrogens is 4. The van der Waals surface area contributed by atoms with Crippen LogP contribution < -0.4 is 5.32 Å². The lowest BCUT2D eigenvalue weighted by Crippen LogP contribution is -2.26. The van der Waals surface area contributed by atoms with E-state index in [2.05, 4.69) is 41.6 Å². The van der Waals surface area contributed by atoms with Crippen molar-refractivity contribution in [3.8, 4) is 11.4 Å². The van der Waals surface area contributed by atoms with Gasteiger partial charge in [-0.1, -0.05) is 62.8 Å². The monoisotopic (exact) mass is 534 g/mol. The van der Waals surface area contributed by atoms with Gasteiger partial charge in [0.05, 0.1) is 6.54 Å². The van der Waals surface area contributed by atoms with Crippen LogP contribution in [0.3, 0.4) is 0 Å². The summed E-state index contributed by atoms with van der Waals surface area (Å²) in [6, 6.07) is 15.8. The van der Waals surface area contributed by atoms with E-state index in [1.54, 1.807) is 30.3 Å². The molecular weight excluding hydrogens is 520 g/mol. The third kappa shape index (κ3) is 4.91. The molecule has 164 valence electrons. The molecule has 0 radical (unpaired) electrons. The first-order valence-electron chi connectivity index (χ1n) is 9.08. The highest BCUT2D eigenvalue weighted by molar-refractivity contribution is 9.10. The largest absolute Gasteiger partial charge is 0.338 e. The van der Waals surface area contributed by atoms with E-state index in [0.717, 1.165) is 25.7 Å². The lowest BCUT2D eigenvalue weighted by atomic mass is 10.2. The number of halogens is 1. The third-order valence-corrected chi connectivity index (χ3v) is 7.68. The van der Waals surface area contributed by atoms with Crippen LogP contribution in [-0.4, -0.2) is 46.0 Å². The molecule has 1 N–H and O–H groups in total. The molecule has 1 amide bonds. The molecule has 4 rings (SSSR count). The van der Waals surface area contributed by atoms with E-state index in [9.17, 15) is 13.2 Å². The number of sulfonamides is 1. The normalized spacial score (nSPS) is 11.6. The molecule has 0 atom stereocenters. The number of benzene rings is 2. The molecule has 32 heavy (non-hydrogen) atoms. The second kappa shape index (κ2) is 9.24. The minimum Gasteiger partial charge on any atom is -0.338 e. The minimum atomic E-state index is -3.99. The Labute approximate surface area is 195 Å². The van der Waals surface area contributed by atoms with Crippen molar-refractivity contribution in [2.24, 2.45) is 0 Å². The smallest absolute Gasteiger partial charge is 0.272 e. The highest BCUT2D eigenvalue weighted by atomic mass is 79.9. The fraction of sp³-hybridized carbons (Fsp3) is 0.105. The molecule has 2 aromatic carbocycles. The van der Waals surface area contributed by atoms with Crippen molar-refractivity contribution in [1.29, 1.82) is 0 Å². The Kier molecular flexibility index (Phi) is 6.41. The Balaban J connectivity index is 1.45. The van der Waals surface area contributed by atoms with Crippen molar-refractivity contribution in [2.75, 3.05) is 12.4 Å². The molecule has 0 aliphatic carbocycles. The number of hydrogen-bond acceptors (Lipinski definition) is 9. The van der Waals surface area contributed by atoms with Gasteiger partial charge in [-0.25, -0.2) is 8.42 Å².